The van der Waals surface area contributed by atoms with Crippen molar-refractivity contribution in [3.8, 4) is 11.5 Å². The van der Waals surface area contributed by atoms with Crippen molar-refractivity contribution < 1.29 is 19.1 Å². The van der Waals surface area contributed by atoms with Crippen molar-refractivity contribution in [3.05, 3.63) is 23.3 Å². The number of benzene rings is 1. The van der Waals surface area contributed by atoms with E-state index in [0.717, 1.165) is 5.56 Å². The van der Waals surface area contributed by atoms with E-state index < -0.39 is 0 Å². The van der Waals surface area contributed by atoms with E-state index in [0.29, 0.717) is 17.1 Å². The first-order valence-electron chi connectivity index (χ1n) is 5.24. The predicted molar refractivity (Wildman–Crippen MR) is 63.9 cm³/mol. The third-order valence-corrected chi connectivity index (χ3v) is 2.43. The summed E-state index contributed by atoms with van der Waals surface area (Å²) in [5.41, 5.74) is 1.25. The Morgan fingerprint density at radius 3 is 2.18 bits per heavy atom. The van der Waals surface area contributed by atoms with E-state index in [-0.39, 0.29) is 18.0 Å². The highest BCUT2D eigenvalue weighted by Gasteiger charge is 2.16. The van der Waals surface area contributed by atoms with Gasteiger partial charge < -0.3 is 9.47 Å². The molecule has 0 aromatic heterocycles. The van der Waals surface area contributed by atoms with E-state index in [1.54, 1.807) is 19.2 Å². The summed E-state index contributed by atoms with van der Waals surface area (Å²) in [5.74, 6) is 0.686. The van der Waals surface area contributed by atoms with Gasteiger partial charge in [0.05, 0.1) is 26.2 Å². The molecule has 0 heterocycles. The number of carbonyl (C=O) groups excluding carboxylic acids is 2. The Bertz CT molecular complexity index is 449. The molecule has 0 spiro atoms. The molecule has 0 saturated carbocycles. The molecule has 0 radical (unpaired) electrons. The summed E-state index contributed by atoms with van der Waals surface area (Å²) in [5, 5.41) is 0. The Kier molecular flexibility index (Phi) is 4.26. The molecular formula is C13H16O4. The lowest BCUT2D eigenvalue weighted by Gasteiger charge is -2.11. The highest BCUT2D eigenvalue weighted by atomic mass is 16.5. The van der Waals surface area contributed by atoms with Crippen molar-refractivity contribution in [2.75, 3.05) is 14.2 Å². The summed E-state index contributed by atoms with van der Waals surface area (Å²) in [6.45, 7) is 3.23. The van der Waals surface area contributed by atoms with Crippen LogP contribution in [0.15, 0.2) is 12.1 Å². The average molecular weight is 236 g/mol. The van der Waals surface area contributed by atoms with Crippen molar-refractivity contribution >= 4 is 11.6 Å². The van der Waals surface area contributed by atoms with Crippen LogP contribution in [-0.2, 0) is 4.79 Å². The molecule has 0 saturated heterocycles. The van der Waals surface area contributed by atoms with Gasteiger partial charge in [0.1, 0.15) is 17.3 Å². The third kappa shape index (κ3) is 3.06. The molecule has 0 atom stereocenters. The summed E-state index contributed by atoms with van der Waals surface area (Å²) in [4.78, 5) is 22.8. The van der Waals surface area contributed by atoms with E-state index in [2.05, 4.69) is 0 Å². The maximum Gasteiger partial charge on any atom is 0.173 e. The minimum atomic E-state index is -0.236. The number of ether oxygens (including phenoxy) is 2. The zero-order valence-electron chi connectivity index (χ0n) is 10.5. The van der Waals surface area contributed by atoms with Gasteiger partial charge in [-0.1, -0.05) is 0 Å². The lowest BCUT2D eigenvalue weighted by atomic mass is 10.0. The van der Waals surface area contributed by atoms with Crippen LogP contribution in [0, 0.1) is 6.92 Å². The lowest BCUT2D eigenvalue weighted by Crippen LogP contribution is -2.07. The zero-order chi connectivity index (χ0) is 13.0. The van der Waals surface area contributed by atoms with Gasteiger partial charge in [0.15, 0.2) is 5.78 Å². The van der Waals surface area contributed by atoms with Crippen LogP contribution in [0.3, 0.4) is 0 Å². The normalized spacial score (nSPS) is 9.88. The number of ketones is 2. The van der Waals surface area contributed by atoms with Crippen LogP contribution in [0.5, 0.6) is 11.5 Å². The number of hydrogen-bond acceptors (Lipinski definition) is 4. The number of Topliss-reactive ketones (excluding diaryl/α,β-unsaturated/α-hetero) is 2. The molecular weight excluding hydrogens is 220 g/mol. The van der Waals surface area contributed by atoms with Gasteiger partial charge in [-0.2, -0.15) is 0 Å². The van der Waals surface area contributed by atoms with E-state index in [4.69, 9.17) is 9.47 Å². The Morgan fingerprint density at radius 2 is 1.71 bits per heavy atom. The van der Waals surface area contributed by atoms with E-state index in [1.165, 1.54) is 14.0 Å². The monoisotopic (exact) mass is 236 g/mol. The van der Waals surface area contributed by atoms with Gasteiger partial charge >= 0.3 is 0 Å². The van der Waals surface area contributed by atoms with Crippen molar-refractivity contribution in [2.45, 2.75) is 20.3 Å². The van der Waals surface area contributed by atoms with Gasteiger partial charge in [0.2, 0.25) is 0 Å². The van der Waals surface area contributed by atoms with E-state index in [9.17, 15) is 9.59 Å². The summed E-state index contributed by atoms with van der Waals surface area (Å²) in [6, 6.07) is 3.34. The van der Waals surface area contributed by atoms with Gasteiger partial charge in [0.25, 0.3) is 0 Å². The second kappa shape index (κ2) is 5.48. The second-order valence-corrected chi connectivity index (χ2v) is 3.82. The van der Waals surface area contributed by atoms with Crippen LogP contribution in [0.1, 0.15) is 29.3 Å². The SMILES string of the molecule is COc1cc(OC)c(C(=O)CC(C)=O)cc1C. The summed E-state index contributed by atoms with van der Waals surface area (Å²) >= 11 is 0. The standard InChI is InChI=1S/C13H16O4/c1-8-5-10(11(15)6-9(2)14)13(17-4)7-12(8)16-3/h5,7H,6H2,1-4H3. The lowest BCUT2D eigenvalue weighted by molar-refractivity contribution is -0.116. The molecule has 0 aliphatic heterocycles. The largest absolute Gasteiger partial charge is 0.496 e. The first-order valence-corrected chi connectivity index (χ1v) is 5.24. The maximum atomic E-state index is 11.8. The molecule has 1 aromatic rings. The number of methoxy groups -OCH3 is 2. The van der Waals surface area contributed by atoms with Crippen LogP contribution in [0.25, 0.3) is 0 Å². The van der Waals surface area contributed by atoms with Gasteiger partial charge in [0, 0.05) is 6.07 Å². The summed E-state index contributed by atoms with van der Waals surface area (Å²) < 4.78 is 10.3. The van der Waals surface area contributed by atoms with Gasteiger partial charge in [-0.25, -0.2) is 0 Å². The van der Waals surface area contributed by atoms with Crippen LogP contribution in [0.4, 0.5) is 0 Å². The minimum Gasteiger partial charge on any atom is -0.496 e. The fourth-order valence-corrected chi connectivity index (χ4v) is 1.60. The first kappa shape index (κ1) is 13.2. The molecule has 4 nitrogen and oxygen atoms in total. The predicted octanol–water partition coefficient (Wildman–Crippen LogP) is 2.17. The number of carbonyl (C=O) groups is 2. The zero-order valence-corrected chi connectivity index (χ0v) is 10.5. The van der Waals surface area contributed by atoms with Gasteiger partial charge in [-0.05, 0) is 25.5 Å². The number of rotatable bonds is 5. The van der Waals surface area contributed by atoms with Crippen molar-refractivity contribution in [1.29, 1.82) is 0 Å². The topological polar surface area (TPSA) is 52.6 Å². The summed E-state index contributed by atoms with van der Waals surface area (Å²) in [6.07, 6.45) is -0.109. The van der Waals surface area contributed by atoms with Crippen LogP contribution >= 0.6 is 0 Å². The fraction of sp³-hybridized carbons (Fsp3) is 0.385. The van der Waals surface area contributed by atoms with Crippen LogP contribution < -0.4 is 9.47 Å². The maximum absolute atomic E-state index is 11.8. The van der Waals surface area contributed by atoms with Crippen LogP contribution in [0.2, 0.25) is 0 Å². The van der Waals surface area contributed by atoms with Gasteiger partial charge in [-0.3, -0.25) is 9.59 Å². The van der Waals surface area contributed by atoms with E-state index >= 15 is 0 Å². The summed E-state index contributed by atoms with van der Waals surface area (Å²) in [7, 11) is 3.04. The number of aryl methyl sites for hydroxylation is 1. The molecule has 0 aliphatic carbocycles. The molecule has 0 aliphatic rings. The first-order chi connectivity index (χ1) is 7.99. The molecule has 17 heavy (non-hydrogen) atoms. The third-order valence-electron chi connectivity index (χ3n) is 2.43. The molecule has 92 valence electrons. The smallest absolute Gasteiger partial charge is 0.173 e. The molecule has 0 bridgehead atoms. The highest BCUT2D eigenvalue weighted by molar-refractivity contribution is 6.09. The van der Waals surface area contributed by atoms with Crippen LogP contribution in [-0.4, -0.2) is 25.8 Å². The Balaban J connectivity index is 3.18. The quantitative estimate of drug-likeness (QED) is 0.580. The fourth-order valence-electron chi connectivity index (χ4n) is 1.60. The minimum absolute atomic E-state index is 0.109. The van der Waals surface area contributed by atoms with Gasteiger partial charge in [-0.15, -0.1) is 0 Å². The number of hydrogen-bond donors (Lipinski definition) is 0. The molecule has 0 fully saturated rings. The Labute approximate surface area is 101 Å². The average Bonchev–Trinajstić information content (AvgIpc) is 2.27. The highest BCUT2D eigenvalue weighted by Crippen LogP contribution is 2.29. The molecule has 4 heteroatoms. The van der Waals surface area contributed by atoms with Crippen molar-refractivity contribution in [1.82, 2.24) is 0 Å². The Hall–Kier alpha value is -1.84. The Morgan fingerprint density at radius 1 is 1.12 bits per heavy atom. The second-order valence-electron chi connectivity index (χ2n) is 3.82. The molecule has 1 aromatic carbocycles. The molecule has 1 rings (SSSR count). The van der Waals surface area contributed by atoms with E-state index in [1.807, 2.05) is 6.92 Å². The molecule has 0 amide bonds. The van der Waals surface area contributed by atoms with Crippen molar-refractivity contribution in [3.63, 3.8) is 0 Å². The van der Waals surface area contributed by atoms with Crippen molar-refractivity contribution in [2.24, 2.45) is 0 Å². The molecule has 0 N–H and O–H groups in total. The molecule has 0 unspecified atom stereocenters.